The second-order valence-electron chi connectivity index (χ2n) is 2.58. The molecule has 0 aromatic heterocycles. The highest BCUT2D eigenvalue weighted by Gasteiger charge is 2.12. The molecule has 0 aliphatic heterocycles. The summed E-state index contributed by atoms with van der Waals surface area (Å²) in [6.07, 6.45) is 0. The molecule has 13 heavy (non-hydrogen) atoms. The van der Waals surface area contributed by atoms with Crippen molar-refractivity contribution in [3.8, 4) is 6.07 Å². The third-order valence-corrected chi connectivity index (χ3v) is 1.87. The Kier molecular flexibility index (Phi) is 2.84. The van der Waals surface area contributed by atoms with E-state index in [0.29, 0.717) is 0 Å². The van der Waals surface area contributed by atoms with Crippen LogP contribution in [0.25, 0.3) is 0 Å². The van der Waals surface area contributed by atoms with Gasteiger partial charge in [0.1, 0.15) is 17.7 Å². The van der Waals surface area contributed by atoms with E-state index in [9.17, 15) is 8.78 Å². The summed E-state index contributed by atoms with van der Waals surface area (Å²) in [7, 11) is 0. The van der Waals surface area contributed by atoms with Gasteiger partial charge in [0.2, 0.25) is 0 Å². The van der Waals surface area contributed by atoms with Crippen molar-refractivity contribution in [1.29, 1.82) is 5.26 Å². The predicted octanol–water partition coefficient (Wildman–Crippen LogP) is 3.14. The first-order valence-electron chi connectivity index (χ1n) is 3.59. The van der Waals surface area contributed by atoms with Crippen molar-refractivity contribution in [2.45, 2.75) is 12.3 Å². The minimum Gasteiger partial charge on any atom is -0.207 e. The van der Waals surface area contributed by atoms with Crippen molar-refractivity contribution >= 4 is 11.6 Å². The van der Waals surface area contributed by atoms with Crippen LogP contribution in [0, 0.1) is 23.0 Å². The van der Waals surface area contributed by atoms with Crippen LogP contribution in [-0.2, 0) is 0 Å². The Morgan fingerprint density at radius 2 is 2.00 bits per heavy atom. The second kappa shape index (κ2) is 3.71. The Hall–Kier alpha value is -1.14. The Labute approximate surface area is 79.6 Å². The summed E-state index contributed by atoms with van der Waals surface area (Å²) in [5.74, 6) is -1.40. The normalized spacial score (nSPS) is 12.2. The van der Waals surface area contributed by atoms with Gasteiger partial charge in [0.15, 0.2) is 0 Å². The first-order valence-corrected chi connectivity index (χ1v) is 4.03. The van der Waals surface area contributed by atoms with Crippen LogP contribution < -0.4 is 0 Å². The fourth-order valence-corrected chi connectivity index (χ4v) is 1.12. The van der Waals surface area contributed by atoms with Gasteiger partial charge in [0.25, 0.3) is 0 Å². The smallest absolute Gasteiger partial charge is 0.141 e. The summed E-state index contributed by atoms with van der Waals surface area (Å²) in [5, 5.41) is 7.77. The van der Waals surface area contributed by atoms with E-state index in [1.165, 1.54) is 6.92 Å². The molecule has 68 valence electrons. The third-order valence-electron chi connectivity index (χ3n) is 1.64. The topological polar surface area (TPSA) is 23.8 Å². The molecule has 1 aromatic rings. The van der Waals surface area contributed by atoms with Crippen molar-refractivity contribution < 1.29 is 8.78 Å². The van der Waals surface area contributed by atoms with Crippen molar-refractivity contribution in [3.63, 3.8) is 0 Å². The molecule has 0 saturated heterocycles. The van der Waals surface area contributed by atoms with Gasteiger partial charge < -0.3 is 0 Å². The van der Waals surface area contributed by atoms with Gasteiger partial charge in [0.05, 0.1) is 10.9 Å². The maximum atomic E-state index is 13.1. The summed E-state index contributed by atoms with van der Waals surface area (Å²) in [6, 6.07) is 3.34. The molecule has 1 rings (SSSR count). The number of benzene rings is 1. The first-order chi connectivity index (χ1) is 6.06. The third kappa shape index (κ3) is 1.96. The molecule has 1 aromatic carbocycles. The van der Waals surface area contributed by atoms with Crippen LogP contribution in [0.5, 0.6) is 0 Å². The van der Waals surface area contributed by atoms with Crippen molar-refractivity contribution in [2.75, 3.05) is 0 Å². The Morgan fingerprint density at radius 3 is 2.46 bits per heavy atom. The molecule has 0 heterocycles. The molecule has 1 unspecified atom stereocenters. The number of nitrogens with zero attached hydrogens (tertiary/aromatic N) is 1. The molecule has 1 nitrogen and oxygen atoms in total. The molecular formula is C9H6ClF2N. The molecule has 0 aliphatic carbocycles. The van der Waals surface area contributed by atoms with Crippen LogP contribution in [-0.4, -0.2) is 0 Å². The SMILES string of the molecule is CC(Cl)c1cc(F)c(C#N)cc1F. The molecule has 4 heteroatoms. The van der Waals surface area contributed by atoms with E-state index in [4.69, 9.17) is 16.9 Å². The molecule has 0 amide bonds. The van der Waals surface area contributed by atoms with Crippen LogP contribution >= 0.6 is 11.6 Å². The number of nitriles is 1. The highest BCUT2D eigenvalue weighted by atomic mass is 35.5. The molecular weight excluding hydrogens is 196 g/mol. The zero-order chi connectivity index (χ0) is 10.0. The maximum absolute atomic E-state index is 13.1. The van der Waals surface area contributed by atoms with Crippen LogP contribution in [0.4, 0.5) is 8.78 Å². The van der Waals surface area contributed by atoms with E-state index in [-0.39, 0.29) is 11.1 Å². The zero-order valence-corrected chi connectivity index (χ0v) is 7.57. The highest BCUT2D eigenvalue weighted by molar-refractivity contribution is 6.20. The first kappa shape index (κ1) is 9.94. The zero-order valence-electron chi connectivity index (χ0n) is 6.81. The van der Waals surface area contributed by atoms with E-state index >= 15 is 0 Å². The number of rotatable bonds is 1. The minimum atomic E-state index is -0.744. The lowest BCUT2D eigenvalue weighted by Gasteiger charge is -2.05. The fourth-order valence-electron chi connectivity index (χ4n) is 0.953. The van der Waals surface area contributed by atoms with Crippen LogP contribution in [0.2, 0.25) is 0 Å². The number of hydrogen-bond acceptors (Lipinski definition) is 1. The van der Waals surface area contributed by atoms with Crippen LogP contribution in [0.1, 0.15) is 23.4 Å². The molecule has 0 aliphatic rings. The van der Waals surface area contributed by atoms with E-state index in [1.807, 2.05) is 0 Å². The quantitative estimate of drug-likeness (QED) is 0.641. The summed E-state index contributed by atoms with van der Waals surface area (Å²) in [6.45, 7) is 1.53. The lowest BCUT2D eigenvalue weighted by atomic mass is 10.1. The van der Waals surface area contributed by atoms with Crippen molar-refractivity contribution in [2.24, 2.45) is 0 Å². The second-order valence-corrected chi connectivity index (χ2v) is 3.24. The Bertz CT molecular complexity index is 369. The average Bonchev–Trinajstić information content (AvgIpc) is 2.07. The molecule has 0 bridgehead atoms. The molecule has 1 atom stereocenters. The summed E-state index contributed by atoms with van der Waals surface area (Å²) < 4.78 is 26.0. The van der Waals surface area contributed by atoms with Gasteiger partial charge in [-0.15, -0.1) is 11.6 Å². The molecule has 0 radical (unpaired) electrons. The van der Waals surface area contributed by atoms with Crippen LogP contribution in [0.3, 0.4) is 0 Å². The van der Waals surface area contributed by atoms with E-state index in [2.05, 4.69) is 0 Å². The van der Waals surface area contributed by atoms with Gasteiger partial charge in [0, 0.05) is 5.56 Å². The average molecular weight is 202 g/mol. The molecule has 0 N–H and O–H groups in total. The van der Waals surface area contributed by atoms with Gasteiger partial charge in [-0.1, -0.05) is 0 Å². The molecule has 0 spiro atoms. The summed E-state index contributed by atoms with van der Waals surface area (Å²) in [5.41, 5.74) is -0.239. The van der Waals surface area contributed by atoms with Gasteiger partial charge in [-0.25, -0.2) is 8.78 Å². The van der Waals surface area contributed by atoms with Crippen molar-refractivity contribution in [1.82, 2.24) is 0 Å². The minimum absolute atomic E-state index is 0.0677. The molecule has 0 fully saturated rings. The lowest BCUT2D eigenvalue weighted by molar-refractivity contribution is 0.582. The Balaban J connectivity index is 3.31. The van der Waals surface area contributed by atoms with E-state index in [0.717, 1.165) is 12.1 Å². The maximum Gasteiger partial charge on any atom is 0.141 e. The van der Waals surface area contributed by atoms with Gasteiger partial charge in [-0.2, -0.15) is 5.26 Å². The van der Waals surface area contributed by atoms with Gasteiger partial charge >= 0.3 is 0 Å². The Morgan fingerprint density at radius 1 is 1.38 bits per heavy atom. The summed E-state index contributed by atoms with van der Waals surface area (Å²) >= 11 is 5.59. The van der Waals surface area contributed by atoms with Crippen LogP contribution in [0.15, 0.2) is 12.1 Å². The number of hydrogen-bond donors (Lipinski definition) is 0. The predicted molar refractivity (Wildman–Crippen MR) is 45.3 cm³/mol. The highest BCUT2D eigenvalue weighted by Crippen LogP contribution is 2.24. The fraction of sp³-hybridized carbons (Fsp3) is 0.222. The van der Waals surface area contributed by atoms with E-state index < -0.39 is 17.0 Å². The van der Waals surface area contributed by atoms with Crippen molar-refractivity contribution in [3.05, 3.63) is 34.9 Å². The monoisotopic (exact) mass is 201 g/mol. The lowest BCUT2D eigenvalue weighted by Crippen LogP contribution is -1.95. The number of halogens is 3. The summed E-state index contributed by atoms with van der Waals surface area (Å²) in [4.78, 5) is 0. The standard InChI is InChI=1S/C9H6ClF2N/c1-5(10)7-3-8(11)6(4-13)2-9(7)12/h2-3,5H,1H3. The largest absolute Gasteiger partial charge is 0.207 e. The number of alkyl halides is 1. The molecule has 0 saturated carbocycles. The van der Waals surface area contributed by atoms with Gasteiger partial charge in [-0.05, 0) is 19.1 Å². The van der Waals surface area contributed by atoms with E-state index in [1.54, 1.807) is 6.07 Å². The van der Waals surface area contributed by atoms with Gasteiger partial charge in [-0.3, -0.25) is 0 Å².